The molecule has 0 spiro atoms. The number of hydrogen-bond donors (Lipinski definition) is 1. The number of benzene rings is 1. The van der Waals surface area contributed by atoms with Gasteiger partial charge in [0.1, 0.15) is 0 Å². The molecule has 1 N–H and O–H groups in total. The number of hydrogen-bond acceptors (Lipinski definition) is 3. The van der Waals surface area contributed by atoms with Crippen LogP contribution in [0.15, 0.2) is 49.3 Å². The second-order valence-corrected chi connectivity index (χ2v) is 8.25. The van der Waals surface area contributed by atoms with Gasteiger partial charge in [-0.05, 0) is 67.9 Å². The van der Waals surface area contributed by atoms with Crippen molar-refractivity contribution in [1.29, 1.82) is 0 Å². The molecule has 2 saturated heterocycles. The number of nitrogens with one attached hydrogen (secondary N) is 1. The van der Waals surface area contributed by atoms with Gasteiger partial charge in [0.15, 0.2) is 7.98 Å². The second kappa shape index (κ2) is 8.49. The van der Waals surface area contributed by atoms with E-state index >= 15 is 0 Å². The fraction of sp³-hybridized carbons (Fsp3) is 0.478. The Morgan fingerprint density at radius 1 is 1.33 bits per heavy atom. The molecule has 3 atom stereocenters. The van der Waals surface area contributed by atoms with Crippen molar-refractivity contribution >= 4 is 14.1 Å². The van der Waals surface area contributed by atoms with Crippen LogP contribution in [-0.2, 0) is 6.54 Å². The van der Waals surface area contributed by atoms with Gasteiger partial charge >= 0.3 is 0 Å². The highest BCUT2D eigenvalue weighted by Crippen LogP contribution is 2.34. The van der Waals surface area contributed by atoms with Gasteiger partial charge in [-0.3, -0.25) is 4.90 Å². The Morgan fingerprint density at radius 3 is 2.78 bits per heavy atom. The van der Waals surface area contributed by atoms with Crippen LogP contribution in [-0.4, -0.2) is 43.9 Å². The fourth-order valence-electron chi connectivity index (χ4n) is 4.59. The lowest BCUT2D eigenvalue weighted by Gasteiger charge is -2.36. The average molecular weight is 361 g/mol. The summed E-state index contributed by atoms with van der Waals surface area (Å²) in [7, 11) is 8.19. The van der Waals surface area contributed by atoms with E-state index < -0.39 is 0 Å². The van der Waals surface area contributed by atoms with Crippen molar-refractivity contribution in [1.82, 2.24) is 15.0 Å². The van der Waals surface area contributed by atoms with E-state index in [-0.39, 0.29) is 0 Å². The minimum Gasteiger partial charge on any atom is -0.362 e. The molecule has 27 heavy (non-hydrogen) atoms. The molecule has 1 aromatic rings. The van der Waals surface area contributed by atoms with E-state index in [2.05, 4.69) is 62.1 Å². The fourth-order valence-corrected chi connectivity index (χ4v) is 4.59. The Hall–Kier alpha value is -1.78. The minimum atomic E-state index is 0.330. The van der Waals surface area contributed by atoms with E-state index in [4.69, 9.17) is 7.98 Å². The lowest BCUT2D eigenvalue weighted by atomic mass is 9.80. The summed E-state index contributed by atoms with van der Waals surface area (Å²) >= 11 is 0. The topological polar surface area (TPSA) is 18.5 Å². The molecule has 3 nitrogen and oxygen atoms in total. The van der Waals surface area contributed by atoms with Gasteiger partial charge in [0.25, 0.3) is 0 Å². The smallest absolute Gasteiger partial charge is 0.182 e. The molecule has 3 rings (SSSR count). The minimum absolute atomic E-state index is 0.330. The van der Waals surface area contributed by atoms with E-state index in [9.17, 15) is 0 Å². The van der Waals surface area contributed by atoms with Gasteiger partial charge in [-0.25, -0.2) is 0 Å². The molecule has 2 fully saturated rings. The van der Waals surface area contributed by atoms with Gasteiger partial charge < -0.3 is 10.1 Å². The maximum atomic E-state index is 6.01. The third-order valence-corrected chi connectivity index (χ3v) is 6.16. The molecule has 2 aliphatic heterocycles. The monoisotopic (exact) mass is 361 g/mol. The summed E-state index contributed by atoms with van der Waals surface area (Å²) < 4.78 is 0. The average Bonchev–Trinajstić information content (AvgIpc) is 2.61. The normalized spacial score (nSPS) is 26.9. The first-order chi connectivity index (χ1) is 12.9. The zero-order chi connectivity index (χ0) is 19.6. The van der Waals surface area contributed by atoms with Crippen LogP contribution in [0.3, 0.4) is 0 Å². The zero-order valence-corrected chi connectivity index (χ0v) is 16.9. The van der Waals surface area contributed by atoms with Crippen LogP contribution in [0.5, 0.6) is 0 Å². The first-order valence-corrected chi connectivity index (χ1v) is 9.97. The van der Waals surface area contributed by atoms with E-state index in [1.807, 2.05) is 10.9 Å². The lowest BCUT2D eigenvalue weighted by Crippen LogP contribution is -2.40. The molecular weight excluding hydrogens is 329 g/mol. The van der Waals surface area contributed by atoms with Crippen molar-refractivity contribution in [3.05, 3.63) is 66.0 Å². The highest BCUT2D eigenvalue weighted by atomic mass is 15.2. The van der Waals surface area contributed by atoms with E-state index in [0.29, 0.717) is 17.9 Å². The maximum absolute atomic E-state index is 6.01. The molecule has 0 saturated carbocycles. The molecule has 0 amide bonds. The van der Waals surface area contributed by atoms with Crippen molar-refractivity contribution in [3.63, 3.8) is 0 Å². The Bertz CT molecular complexity index is 726. The lowest BCUT2D eigenvalue weighted by molar-refractivity contribution is 0.234. The number of allylic oxidation sites excluding steroid dienone is 1. The van der Waals surface area contributed by atoms with Crippen LogP contribution < -0.4 is 5.32 Å². The summed E-state index contributed by atoms with van der Waals surface area (Å²) in [5.74, 6) is 1.14. The number of piperidine rings is 2. The van der Waals surface area contributed by atoms with Gasteiger partial charge in [0.2, 0.25) is 0 Å². The molecule has 2 radical (unpaired) electrons. The quantitative estimate of drug-likeness (QED) is 0.799. The molecule has 1 aromatic carbocycles. The first kappa shape index (κ1) is 20.0. The van der Waals surface area contributed by atoms with Gasteiger partial charge in [-0.1, -0.05) is 50.9 Å². The Labute approximate surface area is 166 Å². The summed E-state index contributed by atoms with van der Waals surface area (Å²) in [6.45, 7) is 17.4. The van der Waals surface area contributed by atoms with Crippen LogP contribution in [0.4, 0.5) is 0 Å². The molecule has 2 heterocycles. The van der Waals surface area contributed by atoms with Crippen LogP contribution in [0.25, 0.3) is 6.08 Å². The molecular formula is C23H32BN3. The third kappa shape index (κ3) is 4.56. The predicted molar refractivity (Wildman–Crippen MR) is 116 cm³/mol. The summed E-state index contributed by atoms with van der Waals surface area (Å²) in [5, 5.41) is 3.33. The standard InChI is InChI=1S/C23H32BN3/c1-6-19-8-9-20(22-11-12-27(24)14-16(22)2)13-21(19)15-26(5)23-10-7-17(3)25-18(23)4/h6,8-9,13,16,22-23,25H,1,3-4,7,10-12,14-15H2,2,5H3. The van der Waals surface area contributed by atoms with Gasteiger partial charge in [0, 0.05) is 24.0 Å². The van der Waals surface area contributed by atoms with E-state index in [1.165, 1.54) is 16.7 Å². The van der Waals surface area contributed by atoms with Gasteiger partial charge in [-0.2, -0.15) is 0 Å². The maximum Gasteiger partial charge on any atom is 0.182 e. The van der Waals surface area contributed by atoms with E-state index in [1.54, 1.807) is 0 Å². The number of likely N-dealkylation sites (N-methyl/N-ethyl adjacent to an activating group) is 1. The van der Waals surface area contributed by atoms with Crippen LogP contribution >= 0.6 is 0 Å². The molecule has 2 aliphatic rings. The highest BCUT2D eigenvalue weighted by molar-refractivity contribution is 6.04. The van der Waals surface area contributed by atoms with Crippen molar-refractivity contribution in [2.24, 2.45) is 5.92 Å². The van der Waals surface area contributed by atoms with Crippen molar-refractivity contribution < 1.29 is 0 Å². The summed E-state index contributed by atoms with van der Waals surface area (Å²) in [6, 6.07) is 7.22. The second-order valence-electron chi connectivity index (χ2n) is 8.25. The Morgan fingerprint density at radius 2 is 2.11 bits per heavy atom. The van der Waals surface area contributed by atoms with Gasteiger partial charge in [0.05, 0.1) is 0 Å². The largest absolute Gasteiger partial charge is 0.362 e. The van der Waals surface area contributed by atoms with Gasteiger partial charge in [-0.15, -0.1) is 0 Å². The van der Waals surface area contributed by atoms with E-state index in [0.717, 1.165) is 50.3 Å². The highest BCUT2D eigenvalue weighted by Gasteiger charge is 2.27. The van der Waals surface area contributed by atoms with Crippen LogP contribution in [0.1, 0.15) is 48.8 Å². The number of rotatable bonds is 5. The van der Waals surface area contributed by atoms with Crippen LogP contribution in [0.2, 0.25) is 0 Å². The zero-order valence-electron chi connectivity index (χ0n) is 16.9. The molecule has 142 valence electrons. The van der Waals surface area contributed by atoms with Crippen molar-refractivity contribution in [2.75, 3.05) is 20.1 Å². The third-order valence-electron chi connectivity index (χ3n) is 6.16. The van der Waals surface area contributed by atoms with Crippen LogP contribution in [0, 0.1) is 5.92 Å². The van der Waals surface area contributed by atoms with Crippen molar-refractivity contribution in [3.8, 4) is 0 Å². The summed E-state index contributed by atoms with van der Waals surface area (Å²) in [5.41, 5.74) is 6.10. The molecule has 0 aliphatic carbocycles. The SMILES string of the molecule is [B]N1CCC(c2ccc(C=C)c(CN(C)C3CCC(=C)NC3=C)c2)C(C)C1. The molecule has 0 bridgehead atoms. The molecule has 4 heteroatoms. The number of nitrogens with zero attached hydrogens (tertiary/aromatic N) is 2. The molecule has 3 unspecified atom stereocenters. The first-order valence-electron chi connectivity index (χ1n) is 9.97. The summed E-state index contributed by atoms with van der Waals surface area (Å²) in [4.78, 5) is 4.34. The molecule has 0 aromatic heterocycles. The predicted octanol–water partition coefficient (Wildman–Crippen LogP) is 4.05. The summed E-state index contributed by atoms with van der Waals surface area (Å²) in [6.07, 6.45) is 5.15. The van der Waals surface area contributed by atoms with Crippen molar-refractivity contribution in [2.45, 2.75) is 44.7 Å². The Balaban J connectivity index is 1.78. The Kier molecular flexibility index (Phi) is 6.28.